The first-order chi connectivity index (χ1) is 4.91. The summed E-state index contributed by atoms with van der Waals surface area (Å²) in [4.78, 5) is 0. The average Bonchev–Trinajstić information content (AvgIpc) is 2.09. The minimum Gasteiger partial charge on any atom is -0.328 e. The summed E-state index contributed by atoms with van der Waals surface area (Å²) in [7, 11) is 1.00. The molecule has 0 unspecified atom stereocenters. The highest BCUT2D eigenvalue weighted by Gasteiger charge is 2.34. The lowest BCUT2D eigenvalue weighted by Crippen LogP contribution is -2.50. The molecule has 0 saturated carbocycles. The Kier molecular flexibility index (Phi) is 2.67. The lowest BCUT2D eigenvalue weighted by molar-refractivity contribution is -0.887. The molecule has 1 saturated heterocycles. The van der Waals surface area contributed by atoms with Crippen molar-refractivity contribution in [1.29, 1.82) is 0 Å². The van der Waals surface area contributed by atoms with Crippen LogP contribution >= 0.6 is 11.1 Å². The molecule has 0 spiro atoms. The van der Waals surface area contributed by atoms with Gasteiger partial charge in [-0.15, -0.1) is 0 Å². The van der Waals surface area contributed by atoms with Crippen LogP contribution in [-0.2, 0) is 0 Å². The van der Waals surface area contributed by atoms with Gasteiger partial charge in [-0.05, 0) is 0 Å². The van der Waals surface area contributed by atoms with E-state index in [4.69, 9.17) is 11.1 Å². The molecule has 1 aliphatic rings. The summed E-state index contributed by atoms with van der Waals surface area (Å²) in [6.07, 6.45) is 4.05. The van der Waals surface area contributed by atoms with E-state index in [1.165, 1.54) is 36.6 Å². The second-order valence-electron chi connectivity index (χ2n) is 4.65. The second kappa shape index (κ2) is 3.07. The number of nitrogens with zero attached hydrogens (tertiary/aromatic N) is 1. The molecule has 0 aromatic carbocycles. The lowest BCUT2D eigenvalue weighted by atomic mass is 10.4. The Morgan fingerprint density at radius 1 is 1.27 bits per heavy atom. The highest BCUT2D eigenvalue weighted by molar-refractivity contribution is 7.19. The van der Waals surface area contributed by atoms with Gasteiger partial charge in [-0.1, -0.05) is 13.1 Å². The zero-order valence-electron chi connectivity index (χ0n) is 7.86. The maximum Gasteiger partial charge on any atom is 0.211 e. The SMILES string of the molecule is C[N+]1(C[Si](C)(C)Cl)CCCC1. The van der Waals surface area contributed by atoms with Gasteiger partial charge in [-0.25, -0.2) is 0 Å². The van der Waals surface area contributed by atoms with Crippen LogP contribution in [-0.4, -0.2) is 38.2 Å². The van der Waals surface area contributed by atoms with Gasteiger partial charge in [0, 0.05) is 12.8 Å². The van der Waals surface area contributed by atoms with E-state index in [0.717, 1.165) is 0 Å². The van der Waals surface area contributed by atoms with E-state index >= 15 is 0 Å². The van der Waals surface area contributed by atoms with Gasteiger partial charge >= 0.3 is 0 Å². The monoisotopic (exact) mass is 192 g/mol. The molecule has 1 heterocycles. The number of halogens is 1. The lowest BCUT2D eigenvalue weighted by Gasteiger charge is -2.33. The zero-order chi connectivity index (χ0) is 8.54. The fourth-order valence-electron chi connectivity index (χ4n) is 2.16. The molecule has 1 nitrogen and oxygen atoms in total. The van der Waals surface area contributed by atoms with Crippen molar-refractivity contribution in [3.63, 3.8) is 0 Å². The predicted molar refractivity (Wildman–Crippen MR) is 53.4 cm³/mol. The largest absolute Gasteiger partial charge is 0.328 e. The molecule has 0 N–H and O–H groups in total. The molecule has 11 heavy (non-hydrogen) atoms. The third-order valence-corrected chi connectivity index (χ3v) is 4.28. The van der Waals surface area contributed by atoms with E-state index in [-0.39, 0.29) is 0 Å². The molecule has 1 aliphatic heterocycles. The fraction of sp³-hybridized carbons (Fsp3) is 1.00. The zero-order valence-corrected chi connectivity index (χ0v) is 9.62. The molecule has 1 fully saturated rings. The van der Waals surface area contributed by atoms with E-state index < -0.39 is 7.38 Å². The molecule has 0 radical (unpaired) electrons. The molecule has 0 aliphatic carbocycles. The molecule has 3 heteroatoms. The molecule has 1 rings (SSSR count). The first-order valence-electron chi connectivity index (χ1n) is 4.44. The molecular weight excluding hydrogens is 174 g/mol. The van der Waals surface area contributed by atoms with Crippen molar-refractivity contribution in [2.24, 2.45) is 0 Å². The Hall–Kier alpha value is 0.467. The van der Waals surface area contributed by atoms with Crippen LogP contribution in [0.2, 0.25) is 13.1 Å². The summed E-state index contributed by atoms with van der Waals surface area (Å²) in [6.45, 7) is 7.19. The average molecular weight is 193 g/mol. The van der Waals surface area contributed by atoms with Crippen molar-refractivity contribution in [3.8, 4) is 0 Å². The minimum atomic E-state index is -1.35. The van der Waals surface area contributed by atoms with Crippen LogP contribution in [0.5, 0.6) is 0 Å². The molecular formula is C8H19ClNSi+. The van der Waals surface area contributed by atoms with Crippen molar-refractivity contribution in [1.82, 2.24) is 0 Å². The van der Waals surface area contributed by atoms with E-state index in [9.17, 15) is 0 Å². The van der Waals surface area contributed by atoms with Crippen LogP contribution in [0.1, 0.15) is 12.8 Å². The summed E-state index contributed by atoms with van der Waals surface area (Å²) in [6, 6.07) is 0. The Morgan fingerprint density at radius 2 is 1.73 bits per heavy atom. The Labute approximate surface area is 75.6 Å². The summed E-state index contributed by atoms with van der Waals surface area (Å²) in [5.74, 6) is 0. The van der Waals surface area contributed by atoms with Crippen molar-refractivity contribution >= 4 is 18.5 Å². The van der Waals surface area contributed by atoms with Gasteiger partial charge in [0.05, 0.1) is 26.3 Å². The topological polar surface area (TPSA) is 0 Å². The summed E-state index contributed by atoms with van der Waals surface area (Å²) in [5, 5.41) is 0. The Balaban J connectivity index is 2.46. The summed E-state index contributed by atoms with van der Waals surface area (Å²) < 4.78 is 1.24. The molecule has 66 valence electrons. The van der Waals surface area contributed by atoms with E-state index in [1.54, 1.807) is 0 Å². The number of rotatable bonds is 2. The van der Waals surface area contributed by atoms with Gasteiger partial charge in [-0.2, -0.15) is 11.1 Å². The van der Waals surface area contributed by atoms with E-state index in [0.29, 0.717) is 0 Å². The van der Waals surface area contributed by atoms with Gasteiger partial charge in [0.2, 0.25) is 7.38 Å². The number of quaternary nitrogens is 1. The molecule has 0 aromatic rings. The highest BCUT2D eigenvalue weighted by Crippen LogP contribution is 2.21. The third-order valence-electron chi connectivity index (χ3n) is 2.40. The van der Waals surface area contributed by atoms with Gasteiger partial charge < -0.3 is 4.48 Å². The normalized spacial score (nSPS) is 24.0. The van der Waals surface area contributed by atoms with E-state index in [1.807, 2.05) is 0 Å². The Bertz CT molecular complexity index is 136. The number of hydrogen-bond donors (Lipinski definition) is 0. The molecule has 0 atom stereocenters. The first-order valence-corrected chi connectivity index (χ1v) is 8.66. The molecule has 0 aromatic heterocycles. The van der Waals surface area contributed by atoms with Crippen LogP contribution in [0.3, 0.4) is 0 Å². The van der Waals surface area contributed by atoms with Crippen LogP contribution in [0, 0.1) is 0 Å². The van der Waals surface area contributed by atoms with Crippen LogP contribution < -0.4 is 0 Å². The number of hydrogen-bond acceptors (Lipinski definition) is 0. The molecule has 0 bridgehead atoms. The van der Waals surface area contributed by atoms with Gasteiger partial charge in [0.15, 0.2) is 0 Å². The smallest absolute Gasteiger partial charge is 0.211 e. The maximum absolute atomic E-state index is 6.33. The Morgan fingerprint density at radius 3 is 2.09 bits per heavy atom. The van der Waals surface area contributed by atoms with Crippen molar-refractivity contribution in [2.75, 3.05) is 26.3 Å². The van der Waals surface area contributed by atoms with Gasteiger partial charge in [-0.3, -0.25) is 0 Å². The highest BCUT2D eigenvalue weighted by atomic mass is 35.6. The summed E-state index contributed by atoms with van der Waals surface area (Å²) in [5.41, 5.74) is 0. The number of likely N-dealkylation sites (tertiary alicyclic amines) is 1. The predicted octanol–water partition coefficient (Wildman–Crippen LogP) is 2.21. The fourth-order valence-corrected chi connectivity index (χ4v) is 5.16. The molecule has 0 amide bonds. The summed E-state index contributed by atoms with van der Waals surface area (Å²) >= 11 is 6.33. The van der Waals surface area contributed by atoms with Gasteiger partial charge in [0.25, 0.3) is 0 Å². The van der Waals surface area contributed by atoms with Crippen molar-refractivity contribution in [2.45, 2.75) is 25.9 Å². The van der Waals surface area contributed by atoms with Gasteiger partial charge in [0.1, 0.15) is 0 Å². The third kappa shape index (κ3) is 3.14. The van der Waals surface area contributed by atoms with Crippen molar-refractivity contribution < 1.29 is 4.48 Å². The second-order valence-corrected chi connectivity index (χ2v) is 11.5. The van der Waals surface area contributed by atoms with Crippen molar-refractivity contribution in [3.05, 3.63) is 0 Å². The maximum atomic E-state index is 6.33. The quantitative estimate of drug-likeness (QED) is 0.358. The van der Waals surface area contributed by atoms with Crippen LogP contribution in [0.25, 0.3) is 0 Å². The standard InChI is InChI=1S/C8H19ClNSi/c1-10(6-4-5-7-10)8-11(2,3)9/h4-8H2,1-3H3/q+1. The minimum absolute atomic E-state index is 1.24. The first kappa shape index (κ1) is 9.55. The van der Waals surface area contributed by atoms with Crippen LogP contribution in [0.15, 0.2) is 0 Å². The van der Waals surface area contributed by atoms with Crippen LogP contribution in [0.4, 0.5) is 0 Å². The van der Waals surface area contributed by atoms with E-state index in [2.05, 4.69) is 20.1 Å².